The van der Waals surface area contributed by atoms with Gasteiger partial charge in [0.15, 0.2) is 11.6 Å². The van der Waals surface area contributed by atoms with Crippen LogP contribution in [0.25, 0.3) is 0 Å². The van der Waals surface area contributed by atoms with E-state index < -0.39 is 28.9 Å². The number of aliphatic carboxylic acids is 2. The number of amides is 1. The Morgan fingerprint density at radius 2 is 1.06 bits per heavy atom. The Morgan fingerprint density at radius 1 is 0.596 bits per heavy atom. The molecule has 1 amide bonds. The standard InChI is InChI=1S/C36H66N2O9/c1-35(2,3)31(40)28-47-27-26-46-25-24-37-36(4,5)30(39)23-22-29(34(44)45)38-32(41)20-18-16-14-12-10-8-6-7-9-11-13-15-17-19-21-33(42)43/h29,37H,6-28H2,1-5H3,(H,38,41)(H,42,43)(H,44,45)/t29-/m1/s1. The van der Waals surface area contributed by atoms with Gasteiger partial charge in [0.2, 0.25) is 5.91 Å². The Hall–Kier alpha value is -2.37. The molecule has 11 heteroatoms. The largest absolute Gasteiger partial charge is 0.481 e. The van der Waals surface area contributed by atoms with E-state index in [-0.39, 0.29) is 49.8 Å². The van der Waals surface area contributed by atoms with Gasteiger partial charge in [-0.15, -0.1) is 0 Å². The molecule has 1 atom stereocenters. The number of carboxylic acid groups (broad SMARTS) is 2. The Morgan fingerprint density at radius 3 is 1.53 bits per heavy atom. The highest BCUT2D eigenvalue weighted by molar-refractivity contribution is 5.89. The molecule has 0 saturated heterocycles. The maximum absolute atomic E-state index is 12.8. The Kier molecular flexibility index (Phi) is 25.2. The van der Waals surface area contributed by atoms with Crippen molar-refractivity contribution in [3.8, 4) is 0 Å². The number of nitrogens with one attached hydrogen (secondary N) is 2. The van der Waals surface area contributed by atoms with Gasteiger partial charge in [0.25, 0.3) is 0 Å². The lowest BCUT2D eigenvalue weighted by molar-refractivity contribution is -0.142. The van der Waals surface area contributed by atoms with E-state index >= 15 is 0 Å². The van der Waals surface area contributed by atoms with E-state index in [1.54, 1.807) is 13.8 Å². The molecule has 0 saturated carbocycles. The molecular weight excluding hydrogens is 604 g/mol. The zero-order valence-corrected chi connectivity index (χ0v) is 30.1. The average Bonchev–Trinajstić information content (AvgIpc) is 2.99. The molecule has 0 rings (SSSR count). The summed E-state index contributed by atoms with van der Waals surface area (Å²) in [4.78, 5) is 59.2. The number of carbonyl (C=O) groups is 5. The minimum Gasteiger partial charge on any atom is -0.481 e. The van der Waals surface area contributed by atoms with Crippen LogP contribution < -0.4 is 10.6 Å². The molecule has 0 unspecified atom stereocenters. The maximum Gasteiger partial charge on any atom is 0.326 e. The van der Waals surface area contributed by atoms with Gasteiger partial charge >= 0.3 is 11.9 Å². The zero-order chi connectivity index (χ0) is 35.6. The first-order valence-electron chi connectivity index (χ1n) is 17.9. The van der Waals surface area contributed by atoms with Gasteiger partial charge in [-0.2, -0.15) is 0 Å². The number of rotatable bonds is 32. The highest BCUT2D eigenvalue weighted by Crippen LogP contribution is 2.15. The molecule has 4 N–H and O–H groups in total. The lowest BCUT2D eigenvalue weighted by Crippen LogP contribution is -2.49. The molecule has 0 aliphatic carbocycles. The minimum absolute atomic E-state index is 0.0162. The molecule has 47 heavy (non-hydrogen) atoms. The molecule has 0 bridgehead atoms. The summed E-state index contributed by atoms with van der Waals surface area (Å²) in [6.07, 6.45) is 15.9. The smallest absolute Gasteiger partial charge is 0.326 e. The second-order valence-corrected chi connectivity index (χ2v) is 14.2. The van der Waals surface area contributed by atoms with Crippen molar-refractivity contribution in [2.45, 2.75) is 162 Å². The fourth-order valence-electron chi connectivity index (χ4n) is 4.93. The third-order valence-electron chi connectivity index (χ3n) is 8.29. The SMILES string of the molecule is CC(C)(C)C(=O)COCCOCCNC(C)(C)C(=O)CC[C@@H](NC(=O)CCCCCCCCCCCCCCCCC(=O)O)C(=O)O. The van der Waals surface area contributed by atoms with E-state index in [1.807, 2.05) is 20.8 Å². The fraction of sp³-hybridized carbons (Fsp3) is 0.861. The van der Waals surface area contributed by atoms with E-state index in [1.165, 1.54) is 44.9 Å². The van der Waals surface area contributed by atoms with Crippen LogP contribution in [0.2, 0.25) is 0 Å². The van der Waals surface area contributed by atoms with Crippen LogP contribution in [0.3, 0.4) is 0 Å². The van der Waals surface area contributed by atoms with Crippen molar-refractivity contribution < 1.29 is 43.7 Å². The zero-order valence-electron chi connectivity index (χ0n) is 30.1. The number of ether oxygens (including phenoxy) is 2. The van der Waals surface area contributed by atoms with Crippen molar-refractivity contribution >= 4 is 29.4 Å². The third kappa shape index (κ3) is 26.3. The Labute approximate surface area is 283 Å². The van der Waals surface area contributed by atoms with E-state index in [9.17, 15) is 29.1 Å². The van der Waals surface area contributed by atoms with Gasteiger partial charge in [-0.1, -0.05) is 97.8 Å². The van der Waals surface area contributed by atoms with Crippen LogP contribution in [0.1, 0.15) is 150 Å². The first-order valence-corrected chi connectivity index (χ1v) is 17.9. The summed E-state index contributed by atoms with van der Waals surface area (Å²) in [5.74, 6) is -2.27. The summed E-state index contributed by atoms with van der Waals surface area (Å²) in [6, 6.07) is -1.10. The summed E-state index contributed by atoms with van der Waals surface area (Å²) in [6.45, 7) is 10.5. The molecule has 0 aliphatic rings. The lowest BCUT2D eigenvalue weighted by atomic mass is 9.91. The normalized spacial score (nSPS) is 12.5. The predicted molar refractivity (Wildman–Crippen MR) is 183 cm³/mol. The predicted octanol–water partition coefficient (Wildman–Crippen LogP) is 6.25. The molecule has 0 fully saturated rings. The van der Waals surface area contributed by atoms with Crippen molar-refractivity contribution in [2.24, 2.45) is 5.41 Å². The number of unbranched alkanes of at least 4 members (excludes halogenated alkanes) is 13. The molecule has 0 aromatic carbocycles. The molecule has 0 aromatic heterocycles. The van der Waals surface area contributed by atoms with Gasteiger partial charge in [0.1, 0.15) is 12.6 Å². The molecule has 0 aromatic rings. The van der Waals surface area contributed by atoms with Crippen LogP contribution in [0, 0.1) is 5.41 Å². The number of hydrogen-bond acceptors (Lipinski definition) is 8. The van der Waals surface area contributed by atoms with Crippen molar-refractivity contribution in [1.29, 1.82) is 0 Å². The van der Waals surface area contributed by atoms with Crippen molar-refractivity contribution in [1.82, 2.24) is 10.6 Å². The topological polar surface area (TPSA) is 168 Å². The van der Waals surface area contributed by atoms with Gasteiger partial charge in [-0.3, -0.25) is 19.2 Å². The number of carbonyl (C=O) groups excluding carboxylic acids is 3. The van der Waals surface area contributed by atoms with Crippen molar-refractivity contribution in [2.75, 3.05) is 33.0 Å². The second kappa shape index (κ2) is 26.6. The van der Waals surface area contributed by atoms with E-state index in [0.29, 0.717) is 32.8 Å². The number of ketones is 2. The van der Waals surface area contributed by atoms with E-state index in [0.717, 1.165) is 38.5 Å². The number of carboxylic acids is 2. The Bertz CT molecular complexity index is 899. The minimum atomic E-state index is -1.15. The van der Waals surface area contributed by atoms with Gasteiger partial charge in [-0.25, -0.2) is 4.79 Å². The summed E-state index contributed by atoms with van der Waals surface area (Å²) < 4.78 is 10.8. The van der Waals surface area contributed by atoms with Crippen LogP contribution in [-0.4, -0.2) is 84.2 Å². The maximum atomic E-state index is 12.8. The van der Waals surface area contributed by atoms with Gasteiger partial charge < -0.3 is 30.3 Å². The Balaban J connectivity index is 3.93. The molecule has 274 valence electrons. The average molecular weight is 671 g/mol. The molecular formula is C36H66N2O9. The summed E-state index contributed by atoms with van der Waals surface area (Å²) >= 11 is 0. The van der Waals surface area contributed by atoms with Gasteiger partial charge in [0.05, 0.1) is 25.4 Å². The molecule has 0 aliphatic heterocycles. The van der Waals surface area contributed by atoms with E-state index in [4.69, 9.17) is 14.6 Å². The van der Waals surface area contributed by atoms with E-state index in [2.05, 4.69) is 10.6 Å². The first-order chi connectivity index (χ1) is 22.2. The van der Waals surface area contributed by atoms with Crippen molar-refractivity contribution in [3.05, 3.63) is 0 Å². The molecule has 0 spiro atoms. The van der Waals surface area contributed by atoms with Gasteiger partial charge in [-0.05, 0) is 33.1 Å². The molecule has 0 radical (unpaired) electrons. The molecule has 11 nitrogen and oxygen atoms in total. The second-order valence-electron chi connectivity index (χ2n) is 14.2. The summed E-state index contributed by atoms with van der Waals surface area (Å²) in [5.41, 5.74) is -1.31. The van der Waals surface area contributed by atoms with Gasteiger partial charge in [0, 0.05) is 31.2 Å². The highest BCUT2D eigenvalue weighted by Gasteiger charge is 2.29. The highest BCUT2D eigenvalue weighted by atomic mass is 16.5. The quantitative estimate of drug-likeness (QED) is 0.0601. The van der Waals surface area contributed by atoms with Crippen LogP contribution >= 0.6 is 0 Å². The molecule has 0 heterocycles. The number of Topliss-reactive ketones (excluding diaryl/α,β-unsaturated/α-hetero) is 2. The number of hydrogen-bond donors (Lipinski definition) is 4. The lowest BCUT2D eigenvalue weighted by Gasteiger charge is -2.25. The third-order valence-corrected chi connectivity index (χ3v) is 8.29. The monoisotopic (exact) mass is 670 g/mol. The fourth-order valence-corrected chi connectivity index (χ4v) is 4.93. The van der Waals surface area contributed by atoms with Crippen LogP contribution in [0.5, 0.6) is 0 Å². The van der Waals surface area contributed by atoms with Crippen LogP contribution in [0.4, 0.5) is 0 Å². The summed E-state index contributed by atoms with van der Waals surface area (Å²) in [7, 11) is 0. The van der Waals surface area contributed by atoms with Crippen molar-refractivity contribution in [3.63, 3.8) is 0 Å². The van der Waals surface area contributed by atoms with Crippen LogP contribution in [-0.2, 0) is 33.4 Å². The summed E-state index contributed by atoms with van der Waals surface area (Å²) in [5, 5.41) is 23.9. The first kappa shape index (κ1) is 44.6. The van der Waals surface area contributed by atoms with Crippen LogP contribution in [0.15, 0.2) is 0 Å².